The van der Waals surface area contributed by atoms with Gasteiger partial charge >= 0.3 is 17.9 Å². The Balaban J connectivity index is 1.78. The number of urea groups is 1. The summed E-state index contributed by atoms with van der Waals surface area (Å²) in [6.07, 6.45) is -3.49. The van der Waals surface area contributed by atoms with E-state index in [0.717, 1.165) is 21.4 Å². The third-order valence-electron chi connectivity index (χ3n) is 5.67. The van der Waals surface area contributed by atoms with Crippen molar-refractivity contribution < 1.29 is 18.0 Å². The van der Waals surface area contributed by atoms with Crippen molar-refractivity contribution in [3.05, 3.63) is 91.8 Å². The second-order valence-electron chi connectivity index (χ2n) is 7.69. The Morgan fingerprint density at radius 1 is 1.06 bits per heavy atom. The molecule has 2 heterocycles. The average Bonchev–Trinajstić information content (AvgIpc) is 3.23. The molecule has 0 atom stereocenters. The molecule has 4 rings (SSSR count). The smallest absolute Gasteiger partial charge is 0.336 e. The molecule has 0 unspecified atom stereocenters. The minimum atomic E-state index is -4.59. The van der Waals surface area contributed by atoms with Crippen LogP contribution in [0.5, 0.6) is 0 Å². The molecule has 1 aromatic heterocycles. The van der Waals surface area contributed by atoms with Crippen LogP contribution in [0.3, 0.4) is 0 Å². The lowest BCUT2D eigenvalue weighted by Crippen LogP contribution is -2.40. The zero-order valence-electron chi connectivity index (χ0n) is 17.9. The predicted molar refractivity (Wildman–Crippen MR) is 117 cm³/mol. The first-order valence-electron chi connectivity index (χ1n) is 10.2. The Hall–Kier alpha value is -4.33. The topological polar surface area (TPSA) is 100 Å². The van der Waals surface area contributed by atoms with Crippen LogP contribution in [0.25, 0.3) is 5.69 Å². The molecular weight excluding hydrogens is 451 g/mol. The van der Waals surface area contributed by atoms with Crippen molar-refractivity contribution in [2.75, 3.05) is 18.0 Å². The van der Waals surface area contributed by atoms with E-state index in [1.807, 2.05) is 0 Å². The highest BCUT2D eigenvalue weighted by Crippen LogP contribution is 2.33. The van der Waals surface area contributed by atoms with Crippen LogP contribution in [-0.4, -0.2) is 28.3 Å². The number of nitrogens with one attached hydrogen (secondary N) is 1. The zero-order valence-corrected chi connectivity index (χ0v) is 17.9. The van der Waals surface area contributed by atoms with Gasteiger partial charge < -0.3 is 5.32 Å². The van der Waals surface area contributed by atoms with Crippen LogP contribution in [0.2, 0.25) is 0 Å². The number of halogens is 3. The lowest BCUT2D eigenvalue weighted by atomic mass is 10.0. The van der Waals surface area contributed by atoms with Gasteiger partial charge in [0.1, 0.15) is 11.6 Å². The van der Waals surface area contributed by atoms with E-state index in [9.17, 15) is 32.8 Å². The van der Waals surface area contributed by atoms with E-state index in [-0.39, 0.29) is 22.7 Å². The molecule has 2 aromatic carbocycles. The van der Waals surface area contributed by atoms with E-state index < -0.39 is 29.5 Å². The summed E-state index contributed by atoms with van der Waals surface area (Å²) >= 11 is 0. The zero-order chi connectivity index (χ0) is 24.6. The van der Waals surface area contributed by atoms with Gasteiger partial charge in [0.25, 0.3) is 5.56 Å². The minimum Gasteiger partial charge on any atom is -0.336 e. The number of carbonyl (C=O) groups excluding carboxylic acids is 1. The van der Waals surface area contributed by atoms with E-state index in [1.54, 1.807) is 30.3 Å². The highest BCUT2D eigenvalue weighted by molar-refractivity contribution is 5.94. The largest absolute Gasteiger partial charge is 0.416 e. The van der Waals surface area contributed by atoms with E-state index in [0.29, 0.717) is 24.5 Å². The maximum Gasteiger partial charge on any atom is 0.416 e. The number of rotatable bonds is 4. The standard InChI is InChI=1S/C23H18F3N5O3/c1-14-15(3-2-4-19(14)23(24,25)26)12-31-20(32)16(11-27)13-30(22(31)34)18-7-5-17(6-8-18)29-10-9-28-21(29)33/h2-8,13H,9-10,12H2,1H3,(H,28,33). The van der Waals surface area contributed by atoms with Crippen LogP contribution < -0.4 is 21.5 Å². The highest BCUT2D eigenvalue weighted by Gasteiger charge is 2.33. The molecular formula is C23H18F3N5O3. The van der Waals surface area contributed by atoms with Crippen molar-refractivity contribution in [2.45, 2.75) is 19.6 Å². The molecule has 1 saturated heterocycles. The summed E-state index contributed by atoms with van der Waals surface area (Å²) in [5.41, 5.74) is -1.98. The van der Waals surface area contributed by atoms with Crippen LogP contribution >= 0.6 is 0 Å². The van der Waals surface area contributed by atoms with Gasteiger partial charge in [0.05, 0.1) is 17.8 Å². The summed E-state index contributed by atoms with van der Waals surface area (Å²) in [7, 11) is 0. The third kappa shape index (κ3) is 4.05. The summed E-state index contributed by atoms with van der Waals surface area (Å²) in [4.78, 5) is 39.3. The molecule has 1 N–H and O–H groups in total. The molecule has 2 amide bonds. The van der Waals surface area contributed by atoms with Gasteiger partial charge in [-0.15, -0.1) is 0 Å². The van der Waals surface area contributed by atoms with E-state index >= 15 is 0 Å². The van der Waals surface area contributed by atoms with E-state index in [2.05, 4.69) is 5.32 Å². The summed E-state index contributed by atoms with van der Waals surface area (Å²) < 4.78 is 41.7. The first-order chi connectivity index (χ1) is 16.1. The van der Waals surface area contributed by atoms with Crippen LogP contribution in [0, 0.1) is 18.3 Å². The predicted octanol–water partition coefficient (Wildman–Crippen LogP) is 2.78. The van der Waals surface area contributed by atoms with E-state index in [4.69, 9.17) is 0 Å². The number of carbonyl (C=O) groups is 1. The van der Waals surface area contributed by atoms with Gasteiger partial charge in [-0.25, -0.2) is 9.59 Å². The maximum atomic E-state index is 13.3. The summed E-state index contributed by atoms with van der Waals surface area (Å²) in [5, 5.41) is 12.1. The normalized spacial score (nSPS) is 13.6. The molecule has 0 radical (unpaired) electrons. The fourth-order valence-electron chi connectivity index (χ4n) is 3.85. The molecule has 8 nitrogen and oxygen atoms in total. The molecule has 1 aliphatic heterocycles. The SMILES string of the molecule is Cc1c(Cn2c(=O)c(C#N)cn(-c3ccc(N4CCNC4=O)cc3)c2=O)cccc1C(F)(F)F. The lowest BCUT2D eigenvalue weighted by Gasteiger charge is -2.17. The van der Waals surface area contributed by atoms with Crippen molar-refractivity contribution in [1.82, 2.24) is 14.5 Å². The van der Waals surface area contributed by atoms with E-state index in [1.165, 1.54) is 24.0 Å². The van der Waals surface area contributed by atoms with Gasteiger partial charge in [-0.2, -0.15) is 18.4 Å². The first-order valence-corrected chi connectivity index (χ1v) is 10.2. The number of hydrogen-bond donors (Lipinski definition) is 1. The Morgan fingerprint density at radius 3 is 2.32 bits per heavy atom. The maximum absolute atomic E-state index is 13.3. The number of anilines is 1. The molecule has 3 aromatic rings. The molecule has 1 fully saturated rings. The molecule has 0 spiro atoms. The number of hydrogen-bond acceptors (Lipinski definition) is 4. The number of benzene rings is 2. The second kappa shape index (κ2) is 8.55. The quantitative estimate of drug-likeness (QED) is 0.635. The van der Waals surface area contributed by atoms with Crippen molar-refractivity contribution in [1.29, 1.82) is 5.26 Å². The fourth-order valence-corrected chi connectivity index (χ4v) is 3.85. The number of nitrogens with zero attached hydrogens (tertiary/aromatic N) is 4. The molecule has 0 saturated carbocycles. The number of aromatic nitrogens is 2. The molecule has 11 heteroatoms. The van der Waals surface area contributed by atoms with Crippen molar-refractivity contribution in [2.24, 2.45) is 0 Å². The van der Waals surface area contributed by atoms with Gasteiger partial charge in [-0.3, -0.25) is 18.8 Å². The van der Waals surface area contributed by atoms with Gasteiger partial charge in [0, 0.05) is 25.0 Å². The van der Waals surface area contributed by atoms with Crippen LogP contribution in [0.15, 0.2) is 58.3 Å². The summed E-state index contributed by atoms with van der Waals surface area (Å²) in [6, 6.07) is 11.3. The molecule has 0 aliphatic carbocycles. The van der Waals surface area contributed by atoms with Gasteiger partial charge in [-0.05, 0) is 48.4 Å². The van der Waals surface area contributed by atoms with Crippen LogP contribution in [-0.2, 0) is 12.7 Å². The first kappa shape index (κ1) is 22.8. The Bertz CT molecular complexity index is 1430. The van der Waals surface area contributed by atoms with Crippen LogP contribution in [0.1, 0.15) is 22.3 Å². The van der Waals surface area contributed by atoms with Crippen LogP contribution in [0.4, 0.5) is 23.7 Å². The van der Waals surface area contributed by atoms with Crippen molar-refractivity contribution in [3.8, 4) is 11.8 Å². The number of amides is 2. The molecule has 34 heavy (non-hydrogen) atoms. The van der Waals surface area contributed by atoms with Gasteiger partial charge in [0.15, 0.2) is 0 Å². The third-order valence-corrected chi connectivity index (χ3v) is 5.67. The Morgan fingerprint density at radius 2 is 1.74 bits per heavy atom. The number of alkyl halides is 3. The minimum absolute atomic E-state index is 0.108. The Labute approximate surface area is 191 Å². The van der Waals surface area contributed by atoms with Crippen molar-refractivity contribution in [3.63, 3.8) is 0 Å². The van der Waals surface area contributed by atoms with Gasteiger partial charge in [0.2, 0.25) is 0 Å². The monoisotopic (exact) mass is 469 g/mol. The molecule has 174 valence electrons. The molecule has 0 bridgehead atoms. The van der Waals surface area contributed by atoms with Gasteiger partial charge in [-0.1, -0.05) is 12.1 Å². The number of nitriles is 1. The molecule has 1 aliphatic rings. The average molecular weight is 469 g/mol. The fraction of sp³-hybridized carbons (Fsp3) is 0.217. The second-order valence-corrected chi connectivity index (χ2v) is 7.69. The highest BCUT2D eigenvalue weighted by atomic mass is 19.4. The van der Waals surface area contributed by atoms with Crippen molar-refractivity contribution >= 4 is 11.7 Å². The summed E-state index contributed by atoms with van der Waals surface area (Å²) in [5.74, 6) is 0. The lowest BCUT2D eigenvalue weighted by molar-refractivity contribution is -0.138. The summed E-state index contributed by atoms with van der Waals surface area (Å²) in [6.45, 7) is 1.82. The Kier molecular flexibility index (Phi) is 5.75.